The summed E-state index contributed by atoms with van der Waals surface area (Å²) in [5, 5.41) is 21.1. The quantitative estimate of drug-likeness (QED) is 0.537. The molecule has 0 spiro atoms. The second-order valence-corrected chi connectivity index (χ2v) is 10.4. The normalized spacial score (nSPS) is 28.9. The summed E-state index contributed by atoms with van der Waals surface area (Å²) in [6.07, 6.45) is 1.44. The first-order valence-electron chi connectivity index (χ1n) is 11.7. The molecule has 1 saturated heterocycles. The third-order valence-corrected chi connectivity index (χ3v) is 8.21. The number of halogens is 2. The maximum Gasteiger partial charge on any atom is 0.482 e. The molecule has 1 aromatic rings. The number of benzene rings is 1. The predicted octanol–water partition coefficient (Wildman–Crippen LogP) is 3.27. The lowest BCUT2D eigenvalue weighted by molar-refractivity contribution is -0.199. The van der Waals surface area contributed by atoms with E-state index >= 15 is 0 Å². The summed E-state index contributed by atoms with van der Waals surface area (Å²) in [7, 11) is 0.258. The molecule has 2 bridgehead atoms. The Labute approximate surface area is 203 Å². The Bertz CT molecular complexity index is 1090. The highest BCUT2D eigenvalue weighted by Gasteiger charge is 2.68. The molecule has 4 aliphatic rings. The van der Waals surface area contributed by atoms with Gasteiger partial charge in [0.25, 0.3) is 0 Å². The van der Waals surface area contributed by atoms with Crippen LogP contribution in [-0.4, -0.2) is 48.9 Å². The van der Waals surface area contributed by atoms with Crippen LogP contribution in [0.2, 0.25) is 0 Å². The fourth-order valence-corrected chi connectivity index (χ4v) is 6.21. The average molecular weight is 490 g/mol. The molecule has 2 N–H and O–H groups in total. The number of aromatic carboxylic acids is 1. The van der Waals surface area contributed by atoms with Crippen molar-refractivity contribution in [1.82, 2.24) is 5.32 Å². The molecule has 1 aromatic carbocycles. The number of nitriles is 1. The Morgan fingerprint density at radius 1 is 1.37 bits per heavy atom. The average Bonchev–Trinajstić information content (AvgIpc) is 3.15. The van der Waals surface area contributed by atoms with E-state index in [0.717, 1.165) is 26.0 Å². The summed E-state index contributed by atoms with van der Waals surface area (Å²) in [6, 6.07) is 2.77. The van der Waals surface area contributed by atoms with E-state index in [4.69, 9.17) is 19.3 Å². The zero-order valence-electron chi connectivity index (χ0n) is 20.2. The molecular weight excluding hydrogens is 461 g/mol. The third kappa shape index (κ3) is 4.17. The number of rotatable bonds is 8. The third-order valence-electron chi connectivity index (χ3n) is 8.21. The second kappa shape index (κ2) is 9.06. The molecule has 5 rings (SSSR count). The first-order chi connectivity index (χ1) is 16.4. The van der Waals surface area contributed by atoms with E-state index in [1.807, 2.05) is 13.0 Å². The van der Waals surface area contributed by atoms with Crippen molar-refractivity contribution in [3.63, 3.8) is 0 Å². The summed E-state index contributed by atoms with van der Waals surface area (Å²) in [4.78, 5) is 24.2. The Morgan fingerprint density at radius 3 is 2.69 bits per heavy atom. The molecule has 8 nitrogen and oxygen atoms in total. The molecule has 188 valence electrons. The number of amides is 1. The number of nitrogens with zero attached hydrogens (tertiary/aromatic N) is 1. The fraction of sp³-hybridized carbons (Fsp3) is 0.625. The number of carboxylic acid groups (broad SMARTS) is 1. The topological polar surface area (TPSA) is 118 Å². The van der Waals surface area contributed by atoms with Gasteiger partial charge >= 0.3 is 13.1 Å². The Kier molecular flexibility index (Phi) is 6.57. The molecule has 3 saturated carbocycles. The molecule has 11 heteroatoms. The summed E-state index contributed by atoms with van der Waals surface area (Å²) in [5.74, 6) is -5.42. The Morgan fingerprint density at radius 2 is 2.09 bits per heavy atom. The molecule has 1 amide bonds. The van der Waals surface area contributed by atoms with Crippen LogP contribution in [0.1, 0.15) is 62.4 Å². The molecule has 35 heavy (non-hydrogen) atoms. The van der Waals surface area contributed by atoms with Gasteiger partial charge in [0, 0.05) is 12.8 Å². The van der Waals surface area contributed by atoms with Crippen LogP contribution in [0.25, 0.3) is 0 Å². The standard InChI is InChI=1S/C24H29BF2N2O6/c1-23(2)13-10-15(23)24(3)16(11-13)34-25(35-24)17(29-18(30)6-5-7-28)9-12-8-14(26)20(27)19(22(31)32)21(12)33-4/h8,13,15-17H,5-6,9-11H2,1-4H3,(H,29,30)(H,31,32). The molecule has 5 unspecified atom stereocenters. The van der Waals surface area contributed by atoms with E-state index in [1.54, 1.807) is 0 Å². The van der Waals surface area contributed by atoms with Gasteiger partial charge in [0.15, 0.2) is 11.6 Å². The lowest BCUT2D eigenvalue weighted by Crippen LogP contribution is -2.65. The van der Waals surface area contributed by atoms with E-state index < -0.39 is 47.7 Å². The zero-order chi connectivity index (χ0) is 25.7. The summed E-state index contributed by atoms with van der Waals surface area (Å²) in [5.41, 5.74) is -1.36. The maximum absolute atomic E-state index is 14.3. The summed E-state index contributed by atoms with van der Waals surface area (Å²) >= 11 is 0. The predicted molar refractivity (Wildman–Crippen MR) is 120 cm³/mol. The number of nitrogens with one attached hydrogen (secondary N) is 1. The largest absolute Gasteiger partial charge is 0.495 e. The van der Waals surface area contributed by atoms with Crippen molar-refractivity contribution in [2.24, 2.45) is 17.3 Å². The van der Waals surface area contributed by atoms with Gasteiger partial charge in [-0.15, -0.1) is 0 Å². The van der Waals surface area contributed by atoms with E-state index in [9.17, 15) is 23.5 Å². The molecule has 3 aliphatic carbocycles. The molecule has 1 heterocycles. The van der Waals surface area contributed by atoms with E-state index in [2.05, 4.69) is 19.2 Å². The van der Waals surface area contributed by atoms with Crippen molar-refractivity contribution >= 4 is 19.0 Å². The maximum atomic E-state index is 14.3. The number of methoxy groups -OCH3 is 1. The zero-order valence-corrected chi connectivity index (χ0v) is 20.2. The van der Waals surface area contributed by atoms with Crippen LogP contribution < -0.4 is 10.1 Å². The van der Waals surface area contributed by atoms with Gasteiger partial charge in [-0.2, -0.15) is 5.26 Å². The lowest BCUT2D eigenvalue weighted by atomic mass is 9.43. The summed E-state index contributed by atoms with van der Waals surface area (Å²) in [6.45, 7) is 6.43. The van der Waals surface area contributed by atoms with Crippen molar-refractivity contribution in [1.29, 1.82) is 5.26 Å². The Balaban J connectivity index is 1.66. The van der Waals surface area contributed by atoms with E-state index in [1.165, 1.54) is 0 Å². The molecule has 0 aromatic heterocycles. The minimum atomic E-state index is -1.68. The van der Waals surface area contributed by atoms with Crippen LogP contribution in [0.5, 0.6) is 5.75 Å². The number of hydrogen-bond acceptors (Lipinski definition) is 6. The van der Waals surface area contributed by atoms with Crippen LogP contribution in [0.3, 0.4) is 0 Å². The van der Waals surface area contributed by atoms with Crippen LogP contribution >= 0.6 is 0 Å². The van der Waals surface area contributed by atoms with Gasteiger partial charge in [-0.1, -0.05) is 13.8 Å². The minimum Gasteiger partial charge on any atom is -0.495 e. The van der Waals surface area contributed by atoms with E-state index in [-0.39, 0.29) is 48.0 Å². The summed E-state index contributed by atoms with van der Waals surface area (Å²) < 4.78 is 46.5. The van der Waals surface area contributed by atoms with Crippen LogP contribution in [0, 0.1) is 40.2 Å². The fourth-order valence-electron chi connectivity index (χ4n) is 6.21. The van der Waals surface area contributed by atoms with Gasteiger partial charge in [0.2, 0.25) is 5.91 Å². The van der Waals surface area contributed by atoms with Crippen LogP contribution in [0.4, 0.5) is 8.78 Å². The monoisotopic (exact) mass is 490 g/mol. The number of carbonyl (C=O) groups excluding carboxylic acids is 1. The first-order valence-corrected chi connectivity index (χ1v) is 11.7. The SMILES string of the molecule is COc1c(CC(NC(=O)CCC#N)B2OC3CC4CC(C4(C)C)C3(C)O2)cc(F)c(F)c1C(=O)O. The first kappa shape index (κ1) is 25.4. The number of carboxylic acids is 1. The van der Waals surface area contributed by atoms with Gasteiger partial charge in [-0.05, 0) is 55.1 Å². The molecular formula is C24H29BF2N2O6. The highest BCUT2D eigenvalue weighted by atomic mass is 19.2. The van der Waals surface area contributed by atoms with E-state index in [0.29, 0.717) is 5.92 Å². The lowest BCUT2D eigenvalue weighted by Gasteiger charge is -2.64. The van der Waals surface area contributed by atoms with Crippen molar-refractivity contribution in [2.75, 3.05) is 7.11 Å². The van der Waals surface area contributed by atoms with Crippen molar-refractivity contribution in [3.8, 4) is 11.8 Å². The van der Waals surface area contributed by atoms with Gasteiger partial charge in [-0.3, -0.25) is 4.79 Å². The number of ether oxygens (including phenoxy) is 1. The van der Waals surface area contributed by atoms with Crippen molar-refractivity contribution in [3.05, 3.63) is 28.8 Å². The van der Waals surface area contributed by atoms with Gasteiger partial charge in [-0.25, -0.2) is 13.6 Å². The molecule has 5 atom stereocenters. The smallest absolute Gasteiger partial charge is 0.482 e. The molecule has 1 aliphatic heterocycles. The minimum absolute atomic E-state index is 0.000871. The second-order valence-electron chi connectivity index (χ2n) is 10.4. The molecule has 0 radical (unpaired) electrons. The highest BCUT2D eigenvalue weighted by molar-refractivity contribution is 6.48. The van der Waals surface area contributed by atoms with Crippen LogP contribution in [-0.2, 0) is 20.5 Å². The highest BCUT2D eigenvalue weighted by Crippen LogP contribution is 2.65. The van der Waals surface area contributed by atoms with Crippen molar-refractivity contribution < 1.29 is 37.5 Å². The number of carbonyl (C=O) groups is 2. The number of hydrogen-bond donors (Lipinski definition) is 2. The van der Waals surface area contributed by atoms with Crippen molar-refractivity contribution in [2.45, 2.75) is 70.5 Å². The van der Waals surface area contributed by atoms with Crippen LogP contribution in [0.15, 0.2) is 6.07 Å². The van der Waals surface area contributed by atoms with Gasteiger partial charge in [0.1, 0.15) is 11.3 Å². The Hall–Kier alpha value is -2.71. The van der Waals surface area contributed by atoms with Gasteiger partial charge < -0.3 is 24.5 Å². The van der Waals surface area contributed by atoms with Gasteiger partial charge in [0.05, 0.1) is 30.8 Å². The molecule has 4 fully saturated rings.